The van der Waals surface area contributed by atoms with Gasteiger partial charge in [-0.25, -0.2) is 9.59 Å². The number of benzene rings is 1. The molecule has 10 atom stereocenters. The number of likely N-dealkylation sites (N-methyl/N-ethyl adjacent to an activating group) is 1. The zero-order chi connectivity index (χ0) is 56.0. The van der Waals surface area contributed by atoms with Gasteiger partial charge in [0.2, 0.25) is 35.4 Å². The molecule has 22 heteroatoms. The standard InChI is InChI=1S/C52H80N10O12/c1-28(2)25-40-49(69)61-43(51(72)74-29(3)4)33(8)45(65)58-38(19-16-24-55-52(53)54)48(68)57-37(21-20-30(5)26-31(6)41(73-12)27-36-17-14-13-15-18-36)32(7)44(64)59-39(50(70)71)22-23-42(63)62(11)35(10)47(67)56-34(9)46(66)60-40/h13-15,17-18,20-21,26,28-29,31-34,37-41,43H,10,16,19,22-25,27H2,1-9,11-12H3,(H,56,67)(H,57,68)(H,58,65)(H,59,64)(H,60,66)(H,61,69)(H,70,71)(H4,53,54,55)/b21-20+,30-26+/t31-,32-,33-,34+,37-,38-,39+,40-,41-,43+/m0/s1. The number of esters is 1. The third kappa shape index (κ3) is 21.2. The van der Waals surface area contributed by atoms with Crippen LogP contribution in [0, 0.1) is 23.7 Å². The van der Waals surface area contributed by atoms with Crippen molar-refractivity contribution in [3.63, 3.8) is 0 Å². The first-order chi connectivity index (χ1) is 34.7. The van der Waals surface area contributed by atoms with E-state index in [1.54, 1.807) is 47.0 Å². The number of amides is 7. The Morgan fingerprint density at radius 3 is 2.04 bits per heavy atom. The number of guanidine groups is 1. The second-order valence-corrected chi connectivity index (χ2v) is 19.4. The molecule has 0 bridgehead atoms. The molecule has 1 saturated heterocycles. The van der Waals surface area contributed by atoms with E-state index in [4.69, 9.17) is 20.9 Å². The van der Waals surface area contributed by atoms with Crippen LogP contribution < -0.4 is 43.4 Å². The lowest BCUT2D eigenvalue weighted by atomic mass is 9.94. The molecule has 0 unspecified atom stereocenters. The number of rotatable bonds is 16. The number of carbonyl (C=O) groups excluding carboxylic acids is 8. The van der Waals surface area contributed by atoms with Crippen LogP contribution in [0.15, 0.2) is 71.4 Å². The molecule has 1 aromatic carbocycles. The average Bonchev–Trinajstić information content (AvgIpc) is 3.33. The van der Waals surface area contributed by atoms with Gasteiger partial charge < -0.3 is 62.8 Å². The molecule has 1 aliphatic heterocycles. The van der Waals surface area contributed by atoms with Crippen LogP contribution in [0.5, 0.6) is 0 Å². The van der Waals surface area contributed by atoms with Gasteiger partial charge in [-0.3, -0.25) is 38.6 Å². The highest BCUT2D eigenvalue weighted by molar-refractivity contribution is 6.00. The van der Waals surface area contributed by atoms with E-state index in [1.165, 1.54) is 27.8 Å². The Labute approximate surface area is 434 Å². The van der Waals surface area contributed by atoms with Crippen LogP contribution in [0.4, 0.5) is 0 Å². The fourth-order valence-electron chi connectivity index (χ4n) is 7.75. The lowest BCUT2D eigenvalue weighted by Gasteiger charge is -2.29. The number of hydrogen-bond acceptors (Lipinski definition) is 12. The van der Waals surface area contributed by atoms with Crippen LogP contribution in [0.25, 0.3) is 0 Å². The highest BCUT2D eigenvalue weighted by Crippen LogP contribution is 2.19. The van der Waals surface area contributed by atoms with Crippen molar-refractivity contribution in [3.8, 4) is 0 Å². The maximum Gasteiger partial charge on any atom is 0.329 e. The highest BCUT2D eigenvalue weighted by atomic mass is 16.5. The first kappa shape index (κ1) is 63.0. The third-order valence-corrected chi connectivity index (χ3v) is 12.3. The van der Waals surface area contributed by atoms with E-state index in [2.05, 4.69) is 43.5 Å². The third-order valence-electron chi connectivity index (χ3n) is 12.3. The predicted molar refractivity (Wildman–Crippen MR) is 278 cm³/mol. The van der Waals surface area contributed by atoms with Gasteiger partial charge in [-0.2, -0.15) is 0 Å². The molecule has 0 aliphatic carbocycles. The lowest BCUT2D eigenvalue weighted by molar-refractivity contribution is -0.155. The summed E-state index contributed by atoms with van der Waals surface area (Å²) < 4.78 is 11.3. The molecule has 0 spiro atoms. The number of carboxylic acids is 1. The normalized spacial score (nSPS) is 24.8. The Kier molecular flexibility index (Phi) is 26.2. The van der Waals surface area contributed by atoms with Gasteiger partial charge in [-0.15, -0.1) is 0 Å². The van der Waals surface area contributed by atoms with Gasteiger partial charge >= 0.3 is 11.9 Å². The second-order valence-electron chi connectivity index (χ2n) is 19.4. The van der Waals surface area contributed by atoms with Crippen molar-refractivity contribution in [2.24, 2.45) is 40.1 Å². The Hall–Kier alpha value is -7.10. The monoisotopic (exact) mass is 1040 g/mol. The molecule has 1 aliphatic rings. The van der Waals surface area contributed by atoms with Crippen LogP contribution in [0.3, 0.4) is 0 Å². The van der Waals surface area contributed by atoms with Crippen molar-refractivity contribution in [3.05, 3.63) is 72.0 Å². The number of nitrogens with two attached hydrogens (primary N) is 2. The van der Waals surface area contributed by atoms with Gasteiger partial charge in [0.25, 0.3) is 5.91 Å². The van der Waals surface area contributed by atoms with Gasteiger partial charge in [-0.1, -0.05) is 95.3 Å². The first-order valence-electron chi connectivity index (χ1n) is 24.9. The number of methoxy groups -OCH3 is 1. The van der Waals surface area contributed by atoms with E-state index in [1.807, 2.05) is 50.3 Å². The maximum atomic E-state index is 14.5. The molecule has 0 radical (unpaired) electrons. The number of nitrogens with zero attached hydrogens (tertiary/aromatic N) is 2. The van der Waals surface area contributed by atoms with E-state index in [0.717, 1.165) is 16.0 Å². The van der Waals surface area contributed by atoms with Crippen molar-refractivity contribution in [1.82, 2.24) is 36.8 Å². The Bertz CT molecular complexity index is 2230. The molecule has 1 aromatic rings. The number of aliphatic imine (C=N–C) groups is 1. The minimum absolute atomic E-state index is 0.0439. The molecule has 0 saturated carbocycles. The van der Waals surface area contributed by atoms with Gasteiger partial charge in [-0.05, 0) is 71.3 Å². The molecule has 0 aromatic heterocycles. The molecule has 1 heterocycles. The van der Waals surface area contributed by atoms with Crippen molar-refractivity contribution in [1.29, 1.82) is 0 Å². The largest absolute Gasteiger partial charge is 0.480 e. The number of aliphatic carboxylic acids is 1. The molecular weight excluding hydrogens is 957 g/mol. The Morgan fingerprint density at radius 2 is 1.46 bits per heavy atom. The van der Waals surface area contributed by atoms with Crippen molar-refractivity contribution >= 4 is 59.2 Å². The summed E-state index contributed by atoms with van der Waals surface area (Å²) in [4.78, 5) is 128. The number of nitrogens with one attached hydrogen (secondary N) is 6. The summed E-state index contributed by atoms with van der Waals surface area (Å²) in [6.07, 6.45) is 4.14. The summed E-state index contributed by atoms with van der Waals surface area (Å²) in [5, 5.41) is 25.8. The summed E-state index contributed by atoms with van der Waals surface area (Å²) in [6.45, 7) is 18.3. The van der Waals surface area contributed by atoms with E-state index >= 15 is 0 Å². The zero-order valence-electron chi connectivity index (χ0n) is 44.7. The predicted octanol–water partition coefficient (Wildman–Crippen LogP) is 1.49. The molecule has 410 valence electrons. The minimum atomic E-state index is -1.66. The fourth-order valence-corrected chi connectivity index (χ4v) is 7.75. The molecule has 7 amide bonds. The smallest absolute Gasteiger partial charge is 0.329 e. The first-order valence-corrected chi connectivity index (χ1v) is 24.9. The van der Waals surface area contributed by atoms with Crippen LogP contribution in [-0.2, 0) is 59.0 Å². The molecule has 2 rings (SSSR count). The SMILES string of the molecule is C=C1C(=O)N[C@H](C)C(=O)N[C@@H](CC(C)C)C(=O)N[C@@H](C(=O)OC(C)C)[C@H](C)C(=O)N[C@@H](CCCN=C(N)N)C(=O)N[C@@H](/C=C/C(C)=C/[C@H](C)[C@H](Cc2ccccc2)OC)[C@H](C)C(=O)N[C@@H](C(=O)O)CCC(=O)N1C. The van der Waals surface area contributed by atoms with Crippen LogP contribution in [0.2, 0.25) is 0 Å². The van der Waals surface area contributed by atoms with Crippen molar-refractivity contribution in [2.45, 2.75) is 149 Å². The number of hydrogen-bond donors (Lipinski definition) is 9. The number of carbonyl (C=O) groups is 9. The summed E-state index contributed by atoms with van der Waals surface area (Å²) in [6, 6.07) is 1.39. The molecule has 22 nitrogen and oxygen atoms in total. The van der Waals surface area contributed by atoms with Crippen molar-refractivity contribution < 1.29 is 57.7 Å². The highest BCUT2D eigenvalue weighted by Gasteiger charge is 2.38. The molecule has 74 heavy (non-hydrogen) atoms. The summed E-state index contributed by atoms with van der Waals surface area (Å²) in [5.74, 6) is -11.5. The van der Waals surface area contributed by atoms with Crippen LogP contribution in [0.1, 0.15) is 100.0 Å². The summed E-state index contributed by atoms with van der Waals surface area (Å²) in [7, 11) is 2.85. The Balaban J connectivity index is 2.80. The van der Waals surface area contributed by atoms with E-state index in [9.17, 15) is 48.3 Å². The summed E-state index contributed by atoms with van der Waals surface area (Å²) in [5.41, 5.74) is 12.5. The Morgan fingerprint density at radius 1 is 0.851 bits per heavy atom. The van der Waals surface area contributed by atoms with Gasteiger partial charge in [0.05, 0.1) is 30.1 Å². The molecule has 11 N–H and O–H groups in total. The van der Waals surface area contributed by atoms with Gasteiger partial charge in [0.1, 0.15) is 35.9 Å². The number of ether oxygens (including phenoxy) is 2. The van der Waals surface area contributed by atoms with Gasteiger partial charge in [0, 0.05) is 33.0 Å². The van der Waals surface area contributed by atoms with Crippen LogP contribution >= 0.6 is 0 Å². The van der Waals surface area contributed by atoms with E-state index in [0.29, 0.717) is 6.42 Å². The molecular formula is C52H80N10O12. The van der Waals surface area contributed by atoms with Gasteiger partial charge in [0.15, 0.2) is 5.96 Å². The van der Waals surface area contributed by atoms with Crippen molar-refractivity contribution in [2.75, 3.05) is 20.7 Å². The average molecular weight is 1040 g/mol. The summed E-state index contributed by atoms with van der Waals surface area (Å²) >= 11 is 0. The minimum Gasteiger partial charge on any atom is -0.480 e. The zero-order valence-corrected chi connectivity index (χ0v) is 44.7. The van der Waals surface area contributed by atoms with Crippen LogP contribution in [-0.4, -0.2) is 138 Å². The quantitative estimate of drug-likeness (QED) is 0.0283. The maximum absolute atomic E-state index is 14.5. The number of allylic oxidation sites excluding steroid dienone is 2. The van der Waals surface area contributed by atoms with E-state index < -0.39 is 126 Å². The second kappa shape index (κ2) is 30.8. The molecule has 1 fully saturated rings. The topological polar surface area (TPSA) is 332 Å². The lowest BCUT2D eigenvalue weighted by Crippen LogP contribution is -2.59. The van der Waals surface area contributed by atoms with E-state index in [-0.39, 0.29) is 49.7 Å². The number of carboxylic acid groups (broad SMARTS) is 1. The fraction of sp³-hybridized carbons (Fsp3) is 0.577.